The van der Waals surface area contributed by atoms with E-state index < -0.39 is 0 Å². The van der Waals surface area contributed by atoms with Crippen molar-refractivity contribution in [2.24, 2.45) is 5.92 Å². The molecule has 0 aliphatic rings. The number of aryl methyl sites for hydroxylation is 1. The van der Waals surface area contributed by atoms with Crippen molar-refractivity contribution in [2.75, 3.05) is 10.6 Å². The van der Waals surface area contributed by atoms with E-state index in [0.29, 0.717) is 17.2 Å². The van der Waals surface area contributed by atoms with Crippen molar-refractivity contribution in [2.45, 2.75) is 40.0 Å². The molecule has 1 unspecified atom stereocenters. The van der Waals surface area contributed by atoms with Crippen LogP contribution >= 0.6 is 12.2 Å². The highest BCUT2D eigenvalue weighted by Crippen LogP contribution is 2.21. The normalized spacial score (nSPS) is 11.6. The van der Waals surface area contributed by atoms with Gasteiger partial charge in [0.15, 0.2) is 5.11 Å². The van der Waals surface area contributed by atoms with E-state index in [0.717, 1.165) is 23.2 Å². The third-order valence-electron chi connectivity index (χ3n) is 5.52. The Morgan fingerprint density at radius 2 is 1.56 bits per heavy atom. The molecule has 3 rings (SSSR count). The fourth-order valence-corrected chi connectivity index (χ4v) is 3.83. The van der Waals surface area contributed by atoms with Gasteiger partial charge in [-0.15, -0.1) is 0 Å². The molecule has 0 saturated carbocycles. The highest BCUT2D eigenvalue weighted by Gasteiger charge is 2.17. The van der Waals surface area contributed by atoms with Gasteiger partial charge in [0.25, 0.3) is 5.91 Å². The van der Waals surface area contributed by atoms with Crippen LogP contribution in [0, 0.1) is 12.8 Å². The first kappa shape index (κ1) is 25.1. The van der Waals surface area contributed by atoms with Crippen molar-refractivity contribution in [3.05, 3.63) is 95.1 Å². The van der Waals surface area contributed by atoms with Gasteiger partial charge in [-0.2, -0.15) is 0 Å². The van der Waals surface area contributed by atoms with Crippen LogP contribution in [-0.2, 0) is 11.2 Å². The number of hydrogen-bond acceptors (Lipinski definition) is 3. The third-order valence-corrected chi connectivity index (χ3v) is 5.73. The summed E-state index contributed by atoms with van der Waals surface area (Å²) in [5.74, 6) is -0.0750. The molecular formula is C28H31N3O2S. The molecular weight excluding hydrogens is 442 g/mol. The first-order chi connectivity index (χ1) is 16.2. The molecule has 0 spiro atoms. The second-order valence-electron chi connectivity index (χ2n) is 8.85. The third kappa shape index (κ3) is 6.99. The van der Waals surface area contributed by atoms with E-state index >= 15 is 0 Å². The van der Waals surface area contributed by atoms with Crippen LogP contribution in [0.5, 0.6) is 0 Å². The van der Waals surface area contributed by atoms with Crippen LogP contribution in [0.15, 0.2) is 72.8 Å². The highest BCUT2D eigenvalue weighted by atomic mass is 32.1. The van der Waals surface area contributed by atoms with Gasteiger partial charge in [0.2, 0.25) is 5.91 Å². The number of amides is 2. The van der Waals surface area contributed by atoms with Gasteiger partial charge >= 0.3 is 0 Å². The van der Waals surface area contributed by atoms with E-state index in [1.165, 1.54) is 5.56 Å². The monoisotopic (exact) mass is 473 g/mol. The second-order valence-corrected chi connectivity index (χ2v) is 9.26. The molecule has 0 fully saturated rings. The molecule has 3 N–H and O–H groups in total. The largest absolute Gasteiger partial charge is 0.332 e. The fourth-order valence-electron chi connectivity index (χ4n) is 3.61. The van der Waals surface area contributed by atoms with E-state index in [4.69, 9.17) is 12.2 Å². The topological polar surface area (TPSA) is 70.2 Å². The quantitative estimate of drug-likeness (QED) is 0.365. The van der Waals surface area contributed by atoms with Crippen molar-refractivity contribution in [1.82, 2.24) is 5.32 Å². The van der Waals surface area contributed by atoms with Crippen LogP contribution < -0.4 is 16.0 Å². The summed E-state index contributed by atoms with van der Waals surface area (Å²) in [4.78, 5) is 25.1. The minimum Gasteiger partial charge on any atom is -0.332 e. The molecule has 0 radical (unpaired) electrons. The highest BCUT2D eigenvalue weighted by molar-refractivity contribution is 7.80. The van der Waals surface area contributed by atoms with E-state index in [9.17, 15) is 9.59 Å². The summed E-state index contributed by atoms with van der Waals surface area (Å²) in [5, 5.41) is 8.97. The van der Waals surface area contributed by atoms with Crippen LogP contribution in [0.4, 0.5) is 11.4 Å². The molecule has 3 aromatic rings. The molecule has 1 atom stereocenters. The van der Waals surface area contributed by atoms with Crippen molar-refractivity contribution in [3.8, 4) is 0 Å². The Bertz CT molecular complexity index is 1160. The molecule has 0 aliphatic carbocycles. The summed E-state index contributed by atoms with van der Waals surface area (Å²) in [7, 11) is 0. The second kappa shape index (κ2) is 11.6. The smallest absolute Gasteiger partial charge is 0.255 e. The number of hydrogen-bond donors (Lipinski definition) is 3. The number of nitrogens with one attached hydrogen (secondary N) is 3. The molecule has 3 aromatic carbocycles. The summed E-state index contributed by atoms with van der Waals surface area (Å²) in [6.07, 6.45) is 1.02. The van der Waals surface area contributed by atoms with Gasteiger partial charge in [0, 0.05) is 16.9 Å². The average Bonchev–Trinajstić information content (AvgIpc) is 2.81. The van der Waals surface area contributed by atoms with Crippen LogP contribution in [0.25, 0.3) is 0 Å². The summed E-state index contributed by atoms with van der Waals surface area (Å²) < 4.78 is 0. The summed E-state index contributed by atoms with van der Waals surface area (Å²) in [6, 6.07) is 22.7. The molecule has 0 heterocycles. The zero-order chi connectivity index (χ0) is 24.7. The molecule has 176 valence electrons. The molecule has 5 nitrogen and oxygen atoms in total. The van der Waals surface area contributed by atoms with Crippen LogP contribution in [0.1, 0.15) is 53.7 Å². The van der Waals surface area contributed by atoms with E-state index in [1.54, 1.807) is 12.1 Å². The zero-order valence-corrected chi connectivity index (χ0v) is 20.8. The standard InChI is InChI=1S/C28H31N3O2S/c1-18(2)16-21-10-12-22(13-11-21)20(4)26(32)31-28(34)29-24-14-15-25(19(3)17-24)30-27(33)23-8-6-5-7-9-23/h5-15,17-18,20H,16H2,1-4H3,(H,30,33)(H2,29,31,32,34). The number of carbonyl (C=O) groups excluding carboxylic acids is 2. The minimum atomic E-state index is -0.329. The number of rotatable bonds is 7. The maximum Gasteiger partial charge on any atom is 0.255 e. The number of thiocarbonyl (C=S) groups is 1. The number of carbonyl (C=O) groups is 2. The van der Waals surface area contributed by atoms with E-state index in [2.05, 4.69) is 41.9 Å². The molecule has 34 heavy (non-hydrogen) atoms. The zero-order valence-electron chi connectivity index (χ0n) is 20.0. The van der Waals surface area contributed by atoms with E-state index in [1.807, 2.05) is 62.4 Å². The van der Waals surface area contributed by atoms with E-state index in [-0.39, 0.29) is 22.8 Å². The lowest BCUT2D eigenvalue weighted by molar-refractivity contribution is -0.120. The maximum absolute atomic E-state index is 12.7. The first-order valence-corrected chi connectivity index (χ1v) is 11.8. The van der Waals surface area contributed by atoms with Gasteiger partial charge in [-0.3, -0.25) is 9.59 Å². The predicted octanol–water partition coefficient (Wildman–Crippen LogP) is 6.06. The van der Waals surface area contributed by atoms with Gasteiger partial charge in [-0.1, -0.05) is 56.3 Å². The SMILES string of the molecule is Cc1cc(NC(=S)NC(=O)C(C)c2ccc(CC(C)C)cc2)ccc1NC(=O)c1ccccc1. The molecule has 0 bridgehead atoms. The molecule has 0 aliphatic heterocycles. The van der Waals surface area contributed by atoms with Gasteiger partial charge in [-0.25, -0.2) is 0 Å². The van der Waals surface area contributed by atoms with Gasteiger partial charge < -0.3 is 16.0 Å². The van der Waals surface area contributed by atoms with Crippen LogP contribution in [0.2, 0.25) is 0 Å². The Labute approximate surface area is 207 Å². The lowest BCUT2D eigenvalue weighted by Gasteiger charge is -2.16. The Morgan fingerprint density at radius 3 is 2.18 bits per heavy atom. The van der Waals surface area contributed by atoms with Crippen molar-refractivity contribution < 1.29 is 9.59 Å². The lowest BCUT2D eigenvalue weighted by Crippen LogP contribution is -2.36. The van der Waals surface area contributed by atoms with Crippen molar-refractivity contribution >= 4 is 40.5 Å². The van der Waals surface area contributed by atoms with Crippen molar-refractivity contribution in [3.63, 3.8) is 0 Å². The Kier molecular flexibility index (Phi) is 8.55. The summed E-state index contributed by atoms with van der Waals surface area (Å²) in [5.41, 5.74) is 5.12. The van der Waals surface area contributed by atoms with Crippen LogP contribution in [-0.4, -0.2) is 16.9 Å². The molecule has 0 saturated heterocycles. The maximum atomic E-state index is 12.7. The van der Waals surface area contributed by atoms with Crippen LogP contribution in [0.3, 0.4) is 0 Å². The minimum absolute atomic E-state index is 0.168. The summed E-state index contributed by atoms with van der Waals surface area (Å²) in [6.45, 7) is 8.14. The lowest BCUT2D eigenvalue weighted by atomic mass is 9.96. The van der Waals surface area contributed by atoms with Gasteiger partial charge in [0.05, 0.1) is 5.92 Å². The Morgan fingerprint density at radius 1 is 0.882 bits per heavy atom. The Hall–Kier alpha value is -3.51. The van der Waals surface area contributed by atoms with Gasteiger partial charge in [-0.05, 0) is 85.4 Å². The molecule has 0 aromatic heterocycles. The van der Waals surface area contributed by atoms with Gasteiger partial charge in [0.1, 0.15) is 0 Å². The number of anilines is 2. The predicted molar refractivity (Wildman–Crippen MR) is 143 cm³/mol. The average molecular weight is 474 g/mol. The number of benzene rings is 3. The summed E-state index contributed by atoms with van der Waals surface area (Å²) >= 11 is 5.35. The van der Waals surface area contributed by atoms with Crippen molar-refractivity contribution in [1.29, 1.82) is 0 Å². The molecule has 2 amide bonds. The Balaban J connectivity index is 1.56. The first-order valence-electron chi connectivity index (χ1n) is 11.4. The fraction of sp³-hybridized carbons (Fsp3) is 0.250. The molecule has 6 heteroatoms.